The molecule has 4 nitrogen and oxygen atoms in total. The van der Waals surface area contributed by atoms with Crippen molar-refractivity contribution in [2.24, 2.45) is 0 Å². The molecular weight excluding hydrogens is 436 g/mol. The molecule has 0 amide bonds. The highest BCUT2D eigenvalue weighted by Gasteiger charge is 2.17. The van der Waals surface area contributed by atoms with Gasteiger partial charge < -0.3 is 14.4 Å². The minimum Gasteiger partial charge on any atom is -0.321 e. The van der Waals surface area contributed by atoms with E-state index in [-0.39, 0.29) is 5.30 Å². The van der Waals surface area contributed by atoms with Crippen molar-refractivity contribution in [3.8, 4) is 5.69 Å². The first-order valence-corrected chi connectivity index (χ1v) is 9.99. The maximum absolute atomic E-state index is 11.4. The van der Waals surface area contributed by atoms with Gasteiger partial charge in [-0.1, -0.05) is 24.3 Å². The van der Waals surface area contributed by atoms with Crippen molar-refractivity contribution in [1.29, 1.82) is 0 Å². The Morgan fingerprint density at radius 3 is 2.21 bits per heavy atom. The number of benzene rings is 3. The van der Waals surface area contributed by atoms with Gasteiger partial charge in [0.15, 0.2) is 0 Å². The molecule has 0 unspecified atom stereocenters. The number of halogens is 1. The fourth-order valence-corrected chi connectivity index (χ4v) is 4.03. The first kappa shape index (κ1) is 15.8. The summed E-state index contributed by atoms with van der Waals surface area (Å²) in [4.78, 5) is 18.6. The fourth-order valence-electron chi connectivity index (χ4n) is 3.02. The van der Waals surface area contributed by atoms with Crippen LogP contribution in [0.3, 0.4) is 0 Å². The van der Waals surface area contributed by atoms with Crippen molar-refractivity contribution < 1.29 is 14.4 Å². The third-order valence-electron chi connectivity index (χ3n) is 4.08. The second-order valence-electron chi connectivity index (χ2n) is 5.57. The molecule has 0 saturated carbocycles. The Labute approximate surface area is 152 Å². The van der Waals surface area contributed by atoms with Crippen LogP contribution in [0.1, 0.15) is 0 Å². The van der Waals surface area contributed by atoms with E-state index in [0.29, 0.717) is 0 Å². The van der Waals surface area contributed by atoms with E-state index in [1.54, 1.807) is 12.1 Å². The average Bonchev–Trinajstić information content (AvgIpc) is 2.87. The summed E-state index contributed by atoms with van der Waals surface area (Å²) in [5.74, 6) is 0. The molecule has 0 aliphatic rings. The Hall–Kier alpha value is -1.66. The van der Waals surface area contributed by atoms with E-state index in [2.05, 4.69) is 57.5 Å². The molecule has 0 radical (unpaired) electrons. The number of fused-ring (bicyclic) bond motifs is 3. The molecule has 6 heteroatoms. The van der Waals surface area contributed by atoms with E-state index in [0.717, 1.165) is 31.1 Å². The predicted octanol–water partition coefficient (Wildman–Crippen LogP) is 4.19. The molecule has 1 heterocycles. The lowest BCUT2D eigenvalue weighted by molar-refractivity contribution is 0.387. The van der Waals surface area contributed by atoms with E-state index in [9.17, 15) is 14.4 Å². The molecule has 0 aliphatic carbocycles. The summed E-state index contributed by atoms with van der Waals surface area (Å²) in [5.41, 5.74) is 3.02. The number of hydrogen-bond donors (Lipinski definition) is 2. The summed E-state index contributed by atoms with van der Waals surface area (Å²) in [5, 5.41) is 2.34. The molecule has 0 fully saturated rings. The van der Waals surface area contributed by atoms with Crippen LogP contribution in [0, 0.1) is 3.57 Å². The van der Waals surface area contributed by atoms with Crippen LogP contribution in [0.25, 0.3) is 27.5 Å². The van der Waals surface area contributed by atoms with Gasteiger partial charge in [0.25, 0.3) is 0 Å². The van der Waals surface area contributed by atoms with Crippen LogP contribution in [-0.4, -0.2) is 14.4 Å². The SMILES string of the molecule is O=P(O)(O)c1ccc(-n2c3ccccc3c3ccc(I)cc32)cc1. The number of nitrogens with zero attached hydrogens (tertiary/aromatic N) is 1. The van der Waals surface area contributed by atoms with Crippen LogP contribution < -0.4 is 5.30 Å². The minimum absolute atomic E-state index is 0.0293. The molecule has 0 atom stereocenters. The van der Waals surface area contributed by atoms with E-state index in [1.807, 2.05) is 12.1 Å². The predicted molar refractivity (Wildman–Crippen MR) is 105 cm³/mol. The molecule has 24 heavy (non-hydrogen) atoms. The van der Waals surface area contributed by atoms with Crippen LogP contribution >= 0.6 is 30.2 Å². The third kappa shape index (κ3) is 2.58. The third-order valence-corrected chi connectivity index (χ3v) is 5.72. The van der Waals surface area contributed by atoms with E-state index < -0.39 is 7.60 Å². The minimum atomic E-state index is -4.23. The van der Waals surface area contributed by atoms with Crippen LogP contribution in [0.5, 0.6) is 0 Å². The zero-order valence-electron chi connectivity index (χ0n) is 12.4. The van der Waals surface area contributed by atoms with Crippen molar-refractivity contribution in [1.82, 2.24) is 4.57 Å². The zero-order chi connectivity index (χ0) is 16.9. The number of para-hydroxylation sites is 1. The monoisotopic (exact) mass is 449 g/mol. The molecule has 4 rings (SSSR count). The molecule has 120 valence electrons. The molecule has 0 spiro atoms. The van der Waals surface area contributed by atoms with Gasteiger partial charge in [-0.3, -0.25) is 4.57 Å². The maximum atomic E-state index is 11.4. The van der Waals surface area contributed by atoms with Crippen molar-refractivity contribution in [3.05, 3.63) is 70.3 Å². The Kier molecular flexibility index (Phi) is 3.77. The standard InChI is InChI=1S/C18H13INO3P/c19-12-5-10-16-15-3-1-2-4-17(15)20(18(16)11-12)13-6-8-14(9-7-13)24(21,22)23/h1-11H,(H2,21,22,23). The Morgan fingerprint density at radius 2 is 1.50 bits per heavy atom. The van der Waals surface area contributed by atoms with Crippen LogP contribution in [0.4, 0.5) is 0 Å². The summed E-state index contributed by atoms with van der Waals surface area (Å²) in [7, 11) is -4.23. The normalized spacial score (nSPS) is 12.1. The van der Waals surface area contributed by atoms with E-state index >= 15 is 0 Å². The topological polar surface area (TPSA) is 62.5 Å². The van der Waals surface area contributed by atoms with Crippen molar-refractivity contribution in [2.75, 3.05) is 0 Å². The van der Waals surface area contributed by atoms with Gasteiger partial charge in [-0.15, -0.1) is 0 Å². The van der Waals surface area contributed by atoms with Gasteiger partial charge in [0.05, 0.1) is 16.3 Å². The first-order chi connectivity index (χ1) is 11.4. The van der Waals surface area contributed by atoms with Gasteiger partial charge in [-0.05, 0) is 65.1 Å². The number of aromatic nitrogens is 1. The molecule has 0 bridgehead atoms. The quantitative estimate of drug-likeness (QED) is 0.357. The fraction of sp³-hybridized carbons (Fsp3) is 0. The molecule has 0 saturated heterocycles. The van der Waals surface area contributed by atoms with Gasteiger partial charge in [0, 0.05) is 20.0 Å². The highest BCUT2D eigenvalue weighted by molar-refractivity contribution is 14.1. The lowest BCUT2D eigenvalue weighted by Crippen LogP contribution is -2.04. The van der Waals surface area contributed by atoms with Gasteiger partial charge in [-0.25, -0.2) is 0 Å². The Bertz CT molecular complexity index is 1110. The summed E-state index contributed by atoms with van der Waals surface area (Å²) in [6.45, 7) is 0. The summed E-state index contributed by atoms with van der Waals surface area (Å²) >= 11 is 2.29. The largest absolute Gasteiger partial charge is 0.356 e. The molecule has 4 aromatic rings. The zero-order valence-corrected chi connectivity index (χ0v) is 15.5. The van der Waals surface area contributed by atoms with Crippen LogP contribution in [-0.2, 0) is 4.57 Å². The molecule has 0 aliphatic heterocycles. The molecule has 3 aromatic carbocycles. The lowest BCUT2D eigenvalue weighted by Gasteiger charge is -2.10. The van der Waals surface area contributed by atoms with Crippen LogP contribution in [0.15, 0.2) is 66.7 Å². The molecular formula is C18H13INO3P. The number of hydrogen-bond acceptors (Lipinski definition) is 1. The van der Waals surface area contributed by atoms with Crippen molar-refractivity contribution >= 4 is 57.3 Å². The first-order valence-electron chi connectivity index (χ1n) is 7.30. The Balaban J connectivity index is 2.04. The summed E-state index contributed by atoms with van der Waals surface area (Å²) in [6.07, 6.45) is 0. The summed E-state index contributed by atoms with van der Waals surface area (Å²) < 4.78 is 14.6. The Morgan fingerprint density at radius 1 is 0.833 bits per heavy atom. The van der Waals surface area contributed by atoms with Crippen molar-refractivity contribution in [2.45, 2.75) is 0 Å². The molecule has 1 aromatic heterocycles. The van der Waals surface area contributed by atoms with Gasteiger partial charge in [0.2, 0.25) is 0 Å². The smallest absolute Gasteiger partial charge is 0.321 e. The second kappa shape index (κ2) is 5.70. The highest BCUT2D eigenvalue weighted by Crippen LogP contribution is 2.35. The maximum Gasteiger partial charge on any atom is 0.356 e. The van der Waals surface area contributed by atoms with E-state index in [1.165, 1.54) is 12.1 Å². The van der Waals surface area contributed by atoms with Crippen LogP contribution in [0.2, 0.25) is 0 Å². The number of rotatable bonds is 2. The summed E-state index contributed by atoms with van der Waals surface area (Å²) in [6, 6.07) is 20.9. The van der Waals surface area contributed by atoms with Gasteiger partial charge in [0.1, 0.15) is 0 Å². The lowest BCUT2D eigenvalue weighted by atomic mass is 10.2. The van der Waals surface area contributed by atoms with Gasteiger partial charge in [-0.2, -0.15) is 0 Å². The second-order valence-corrected chi connectivity index (χ2v) is 8.42. The van der Waals surface area contributed by atoms with E-state index in [4.69, 9.17) is 0 Å². The highest BCUT2D eigenvalue weighted by atomic mass is 127. The average molecular weight is 449 g/mol. The van der Waals surface area contributed by atoms with Crippen molar-refractivity contribution in [3.63, 3.8) is 0 Å². The molecule has 2 N–H and O–H groups in total. The van der Waals surface area contributed by atoms with Gasteiger partial charge >= 0.3 is 7.60 Å².